The lowest BCUT2D eigenvalue weighted by Gasteiger charge is -2.07. The molecule has 0 aliphatic carbocycles. The molecule has 3 heterocycles. The van der Waals surface area contributed by atoms with Gasteiger partial charge in [-0.15, -0.1) is 5.10 Å². The average Bonchev–Trinajstić information content (AvgIpc) is 3.16. The van der Waals surface area contributed by atoms with Crippen LogP contribution in [-0.4, -0.2) is 36.0 Å². The van der Waals surface area contributed by atoms with Crippen LogP contribution in [0.15, 0.2) is 30.6 Å². The van der Waals surface area contributed by atoms with Gasteiger partial charge in [0, 0.05) is 35.9 Å². The molecule has 0 bridgehead atoms. The Morgan fingerprint density at radius 1 is 1.29 bits per heavy atom. The van der Waals surface area contributed by atoms with E-state index < -0.39 is 0 Å². The first-order valence-electron chi connectivity index (χ1n) is 8.10. The number of fused-ring (bicyclic) bond motifs is 2. The van der Waals surface area contributed by atoms with Crippen molar-refractivity contribution in [2.24, 2.45) is 0 Å². The van der Waals surface area contributed by atoms with E-state index in [4.69, 9.17) is 0 Å². The monoisotopic (exact) mass is 321 g/mol. The topological polar surface area (TPSA) is 84.3 Å². The zero-order valence-corrected chi connectivity index (χ0v) is 13.9. The van der Waals surface area contributed by atoms with Crippen LogP contribution in [0.1, 0.15) is 20.8 Å². The highest BCUT2D eigenvalue weighted by atomic mass is 15.4. The zero-order chi connectivity index (χ0) is 16.7. The van der Waals surface area contributed by atoms with Crippen molar-refractivity contribution in [3.05, 3.63) is 30.6 Å². The largest absolute Gasteiger partial charge is 0.352 e. The zero-order valence-electron chi connectivity index (χ0n) is 13.9. The molecule has 1 aromatic carbocycles. The van der Waals surface area contributed by atoms with E-state index in [2.05, 4.69) is 63.5 Å². The summed E-state index contributed by atoms with van der Waals surface area (Å²) < 4.78 is 1.90. The standard InChI is InChI=1S/C17H19N7/c1-4-24-15-7-11(5-6-14(15)22-23-24)12-8-18-16-13(12)9-19-17(21-16)20-10(2)3/h5-10H,4H2,1-3H3,(H2,18,19,20,21). The molecule has 0 aliphatic heterocycles. The van der Waals surface area contributed by atoms with E-state index in [-0.39, 0.29) is 0 Å². The lowest BCUT2D eigenvalue weighted by atomic mass is 10.1. The quantitative estimate of drug-likeness (QED) is 0.603. The smallest absolute Gasteiger partial charge is 0.224 e. The Hall–Kier alpha value is -2.96. The summed E-state index contributed by atoms with van der Waals surface area (Å²) in [7, 11) is 0. The van der Waals surface area contributed by atoms with Crippen LogP contribution in [0.4, 0.5) is 5.95 Å². The van der Waals surface area contributed by atoms with E-state index in [1.165, 1.54) is 0 Å². The first kappa shape index (κ1) is 14.6. The first-order chi connectivity index (χ1) is 11.7. The van der Waals surface area contributed by atoms with Crippen molar-refractivity contribution >= 4 is 28.0 Å². The lowest BCUT2D eigenvalue weighted by molar-refractivity contribution is 0.646. The van der Waals surface area contributed by atoms with Gasteiger partial charge in [-0.2, -0.15) is 4.98 Å². The van der Waals surface area contributed by atoms with E-state index in [1.807, 2.05) is 23.1 Å². The number of anilines is 1. The minimum atomic E-state index is 0.293. The van der Waals surface area contributed by atoms with E-state index in [0.29, 0.717) is 12.0 Å². The van der Waals surface area contributed by atoms with Gasteiger partial charge in [0.05, 0.1) is 5.52 Å². The molecule has 4 rings (SSSR count). The summed E-state index contributed by atoms with van der Waals surface area (Å²) in [5.41, 5.74) is 4.93. The molecular formula is C17H19N7. The van der Waals surface area contributed by atoms with Crippen LogP contribution < -0.4 is 5.32 Å². The maximum Gasteiger partial charge on any atom is 0.224 e. The van der Waals surface area contributed by atoms with E-state index >= 15 is 0 Å². The minimum absolute atomic E-state index is 0.293. The molecule has 4 aromatic rings. The van der Waals surface area contributed by atoms with Gasteiger partial charge < -0.3 is 10.3 Å². The average molecular weight is 321 g/mol. The number of hydrogen-bond acceptors (Lipinski definition) is 5. The number of benzene rings is 1. The summed E-state index contributed by atoms with van der Waals surface area (Å²) in [6.45, 7) is 6.98. The fourth-order valence-corrected chi connectivity index (χ4v) is 2.84. The highest BCUT2D eigenvalue weighted by Crippen LogP contribution is 2.29. The maximum atomic E-state index is 4.54. The molecule has 122 valence electrons. The number of nitrogens with zero attached hydrogens (tertiary/aromatic N) is 5. The molecule has 0 saturated heterocycles. The second-order valence-electron chi connectivity index (χ2n) is 6.07. The molecule has 7 heteroatoms. The minimum Gasteiger partial charge on any atom is -0.352 e. The third-order valence-corrected chi connectivity index (χ3v) is 3.97. The van der Waals surface area contributed by atoms with Crippen LogP contribution in [-0.2, 0) is 6.54 Å². The van der Waals surface area contributed by atoms with Gasteiger partial charge >= 0.3 is 0 Å². The Kier molecular flexibility index (Phi) is 3.41. The Labute approximate surface area is 139 Å². The van der Waals surface area contributed by atoms with Crippen molar-refractivity contribution in [1.29, 1.82) is 0 Å². The molecule has 3 aromatic heterocycles. The van der Waals surface area contributed by atoms with Gasteiger partial charge in [0.2, 0.25) is 5.95 Å². The van der Waals surface area contributed by atoms with Gasteiger partial charge in [-0.05, 0) is 38.5 Å². The number of H-pyrrole nitrogens is 1. The van der Waals surface area contributed by atoms with Gasteiger partial charge in [-0.3, -0.25) is 0 Å². The Morgan fingerprint density at radius 2 is 2.17 bits per heavy atom. The van der Waals surface area contributed by atoms with Crippen LogP contribution in [0.3, 0.4) is 0 Å². The van der Waals surface area contributed by atoms with Crippen molar-refractivity contribution in [2.45, 2.75) is 33.4 Å². The fourth-order valence-electron chi connectivity index (χ4n) is 2.84. The summed E-state index contributed by atoms with van der Waals surface area (Å²) in [6.07, 6.45) is 3.83. The summed E-state index contributed by atoms with van der Waals surface area (Å²) >= 11 is 0. The van der Waals surface area contributed by atoms with Crippen molar-refractivity contribution in [3.63, 3.8) is 0 Å². The fraction of sp³-hybridized carbons (Fsp3) is 0.294. The van der Waals surface area contributed by atoms with Crippen LogP contribution in [0.2, 0.25) is 0 Å². The molecule has 7 nitrogen and oxygen atoms in total. The number of nitrogens with one attached hydrogen (secondary N) is 2. The van der Waals surface area contributed by atoms with Gasteiger partial charge in [0.15, 0.2) is 0 Å². The number of rotatable bonds is 4. The maximum absolute atomic E-state index is 4.54. The summed E-state index contributed by atoms with van der Waals surface area (Å²) in [6, 6.07) is 6.46. The molecule has 0 saturated carbocycles. The normalized spacial score (nSPS) is 11.7. The van der Waals surface area contributed by atoms with Crippen LogP contribution >= 0.6 is 0 Å². The third-order valence-electron chi connectivity index (χ3n) is 3.97. The van der Waals surface area contributed by atoms with Gasteiger partial charge in [-0.25, -0.2) is 9.67 Å². The molecule has 0 radical (unpaired) electrons. The molecule has 0 aliphatic rings. The second kappa shape index (κ2) is 5.59. The van der Waals surface area contributed by atoms with Crippen molar-refractivity contribution in [3.8, 4) is 11.1 Å². The SMILES string of the molecule is CCn1nnc2ccc(-c3c[nH]c4nc(NC(C)C)ncc34)cc21. The molecule has 0 amide bonds. The van der Waals surface area contributed by atoms with Crippen molar-refractivity contribution in [1.82, 2.24) is 29.9 Å². The Balaban J connectivity index is 1.81. The second-order valence-corrected chi connectivity index (χ2v) is 6.07. The van der Waals surface area contributed by atoms with Gasteiger partial charge in [-0.1, -0.05) is 11.3 Å². The predicted molar refractivity (Wildman–Crippen MR) is 94.8 cm³/mol. The van der Waals surface area contributed by atoms with Crippen molar-refractivity contribution < 1.29 is 0 Å². The molecule has 0 fully saturated rings. The van der Waals surface area contributed by atoms with Gasteiger partial charge in [0.25, 0.3) is 0 Å². The number of aromatic amines is 1. The Morgan fingerprint density at radius 3 is 2.96 bits per heavy atom. The molecule has 24 heavy (non-hydrogen) atoms. The number of aromatic nitrogens is 6. The summed E-state index contributed by atoms with van der Waals surface area (Å²) in [5.74, 6) is 0.634. The third kappa shape index (κ3) is 2.38. The van der Waals surface area contributed by atoms with E-state index in [1.54, 1.807) is 0 Å². The Bertz CT molecular complexity index is 1010. The predicted octanol–water partition coefficient (Wildman–Crippen LogP) is 3.21. The number of aryl methyl sites for hydroxylation is 1. The first-order valence-corrected chi connectivity index (χ1v) is 8.10. The molecule has 0 atom stereocenters. The molecule has 0 unspecified atom stereocenters. The summed E-state index contributed by atoms with van der Waals surface area (Å²) in [5, 5.41) is 12.6. The molecular weight excluding hydrogens is 302 g/mol. The van der Waals surface area contributed by atoms with E-state index in [9.17, 15) is 0 Å². The highest BCUT2D eigenvalue weighted by molar-refractivity contribution is 5.95. The van der Waals surface area contributed by atoms with Crippen LogP contribution in [0, 0.1) is 0 Å². The lowest BCUT2D eigenvalue weighted by Crippen LogP contribution is -2.12. The number of hydrogen-bond donors (Lipinski definition) is 2. The van der Waals surface area contributed by atoms with Crippen molar-refractivity contribution in [2.75, 3.05) is 5.32 Å². The van der Waals surface area contributed by atoms with E-state index in [0.717, 1.165) is 39.7 Å². The van der Waals surface area contributed by atoms with Crippen LogP contribution in [0.25, 0.3) is 33.2 Å². The van der Waals surface area contributed by atoms with Crippen LogP contribution in [0.5, 0.6) is 0 Å². The van der Waals surface area contributed by atoms with Gasteiger partial charge in [0.1, 0.15) is 11.2 Å². The highest BCUT2D eigenvalue weighted by Gasteiger charge is 2.11. The molecule has 2 N–H and O–H groups in total. The molecule has 0 spiro atoms. The summed E-state index contributed by atoms with van der Waals surface area (Å²) in [4.78, 5) is 12.2.